The predicted octanol–water partition coefficient (Wildman–Crippen LogP) is 2.02. The Balaban J connectivity index is 3.14. The number of benzene rings is 1. The summed E-state index contributed by atoms with van der Waals surface area (Å²) >= 11 is 0. The van der Waals surface area contributed by atoms with Crippen molar-refractivity contribution in [2.45, 2.75) is 26.6 Å². The zero-order chi connectivity index (χ0) is 13.2. The normalized spacial score (nSPS) is 12.6. The quantitative estimate of drug-likeness (QED) is 0.852. The number of aliphatic hydroxyl groups is 1. The van der Waals surface area contributed by atoms with E-state index in [4.69, 9.17) is 5.11 Å². The molecule has 0 spiro atoms. The third kappa shape index (κ3) is 3.13. The van der Waals surface area contributed by atoms with Gasteiger partial charge in [-0.15, -0.1) is 0 Å². The highest BCUT2D eigenvalue weighted by Gasteiger charge is 2.21. The van der Waals surface area contributed by atoms with Gasteiger partial charge in [-0.2, -0.15) is 8.78 Å². The molecule has 0 saturated carbocycles. The van der Waals surface area contributed by atoms with Crippen molar-refractivity contribution in [1.29, 1.82) is 0 Å². The zero-order valence-corrected chi connectivity index (χ0v) is 9.28. The van der Waals surface area contributed by atoms with Crippen molar-refractivity contribution in [3.05, 3.63) is 28.8 Å². The lowest BCUT2D eigenvalue weighted by Crippen LogP contribution is -2.14. The maximum absolute atomic E-state index is 12.0. The number of aryl methyl sites for hydroxylation is 2. The van der Waals surface area contributed by atoms with Crippen LogP contribution in [0.15, 0.2) is 12.1 Å². The number of hydrogen-bond donors (Lipinski definition) is 2. The molecule has 0 aromatic heterocycles. The molecule has 2 N–H and O–H groups in total. The SMILES string of the molecule is Cc1cc(OC(F)F)cc(C)c1C(O)C(=O)O. The Labute approximate surface area is 96.5 Å². The number of hydrogen-bond acceptors (Lipinski definition) is 3. The fourth-order valence-corrected chi connectivity index (χ4v) is 1.66. The number of aliphatic hydroxyl groups excluding tert-OH is 1. The summed E-state index contributed by atoms with van der Waals surface area (Å²) in [5.41, 5.74) is 0.963. The zero-order valence-electron chi connectivity index (χ0n) is 9.28. The molecule has 0 radical (unpaired) electrons. The van der Waals surface area contributed by atoms with Gasteiger partial charge in [0.25, 0.3) is 0 Å². The first kappa shape index (κ1) is 13.4. The van der Waals surface area contributed by atoms with Crippen molar-refractivity contribution < 1.29 is 28.5 Å². The van der Waals surface area contributed by atoms with Gasteiger partial charge in [0, 0.05) is 0 Å². The number of halogens is 2. The number of carboxylic acids is 1. The monoisotopic (exact) mass is 246 g/mol. The van der Waals surface area contributed by atoms with Crippen molar-refractivity contribution in [2.75, 3.05) is 0 Å². The summed E-state index contributed by atoms with van der Waals surface area (Å²) in [6.45, 7) is 0.101. The number of rotatable bonds is 4. The van der Waals surface area contributed by atoms with Crippen LogP contribution >= 0.6 is 0 Å². The minimum Gasteiger partial charge on any atom is -0.479 e. The Morgan fingerprint density at radius 2 is 1.76 bits per heavy atom. The molecule has 6 heteroatoms. The second-order valence-corrected chi connectivity index (χ2v) is 3.59. The van der Waals surface area contributed by atoms with Gasteiger partial charge in [0.1, 0.15) is 5.75 Å². The van der Waals surface area contributed by atoms with Crippen LogP contribution in [0.25, 0.3) is 0 Å². The van der Waals surface area contributed by atoms with Gasteiger partial charge < -0.3 is 14.9 Å². The van der Waals surface area contributed by atoms with Crippen LogP contribution in [0.4, 0.5) is 8.78 Å². The molecule has 1 rings (SSSR count). The second-order valence-electron chi connectivity index (χ2n) is 3.59. The molecular formula is C11H12F2O4. The molecule has 0 saturated heterocycles. The minimum atomic E-state index is -2.94. The van der Waals surface area contributed by atoms with E-state index in [1.54, 1.807) is 0 Å². The Hall–Kier alpha value is -1.69. The molecule has 1 aromatic carbocycles. The summed E-state index contributed by atoms with van der Waals surface area (Å²) in [4.78, 5) is 10.7. The van der Waals surface area contributed by atoms with Gasteiger partial charge in [-0.1, -0.05) is 0 Å². The van der Waals surface area contributed by atoms with E-state index in [-0.39, 0.29) is 11.3 Å². The molecule has 0 fully saturated rings. The Morgan fingerprint density at radius 3 is 2.12 bits per heavy atom. The lowest BCUT2D eigenvalue weighted by molar-refractivity contribution is -0.147. The molecule has 1 aromatic rings. The second kappa shape index (κ2) is 5.09. The van der Waals surface area contributed by atoms with Crippen molar-refractivity contribution in [3.63, 3.8) is 0 Å². The molecule has 0 aliphatic rings. The summed E-state index contributed by atoms with van der Waals surface area (Å²) in [5.74, 6) is -1.45. The molecule has 1 unspecified atom stereocenters. The van der Waals surface area contributed by atoms with Gasteiger partial charge in [0.15, 0.2) is 6.10 Å². The highest BCUT2D eigenvalue weighted by Crippen LogP contribution is 2.27. The fraction of sp³-hybridized carbons (Fsp3) is 0.364. The van der Waals surface area contributed by atoms with Gasteiger partial charge >= 0.3 is 12.6 Å². The third-order valence-corrected chi connectivity index (χ3v) is 2.30. The molecule has 0 amide bonds. The van der Waals surface area contributed by atoms with E-state index in [2.05, 4.69) is 4.74 Å². The van der Waals surface area contributed by atoms with Crippen molar-refractivity contribution in [2.24, 2.45) is 0 Å². The van der Waals surface area contributed by atoms with Crippen LogP contribution in [0.5, 0.6) is 5.75 Å². The van der Waals surface area contributed by atoms with Crippen LogP contribution in [-0.4, -0.2) is 22.8 Å². The molecular weight excluding hydrogens is 234 g/mol. The minimum absolute atomic E-state index is 0.0589. The van der Waals surface area contributed by atoms with Crippen LogP contribution in [0.2, 0.25) is 0 Å². The molecule has 0 aliphatic heterocycles. The Bertz CT molecular complexity index is 408. The Kier molecular flexibility index (Phi) is 4.01. The predicted molar refractivity (Wildman–Crippen MR) is 55.1 cm³/mol. The van der Waals surface area contributed by atoms with Gasteiger partial charge in [0.05, 0.1) is 0 Å². The average molecular weight is 246 g/mol. The highest BCUT2D eigenvalue weighted by molar-refractivity contribution is 5.75. The summed E-state index contributed by atoms with van der Waals surface area (Å²) < 4.78 is 28.2. The van der Waals surface area contributed by atoms with E-state index in [0.29, 0.717) is 11.1 Å². The molecule has 94 valence electrons. The average Bonchev–Trinajstić information content (AvgIpc) is 2.14. The molecule has 0 bridgehead atoms. The number of carbonyl (C=O) groups is 1. The first-order valence-corrected chi connectivity index (χ1v) is 4.79. The lowest BCUT2D eigenvalue weighted by Gasteiger charge is -2.15. The highest BCUT2D eigenvalue weighted by atomic mass is 19.3. The molecule has 4 nitrogen and oxygen atoms in total. The van der Waals surface area contributed by atoms with Crippen molar-refractivity contribution >= 4 is 5.97 Å². The van der Waals surface area contributed by atoms with E-state index < -0.39 is 18.7 Å². The standard InChI is InChI=1S/C11H12F2O4/c1-5-3-7(17-11(12)13)4-6(2)8(5)9(14)10(15)16/h3-4,9,11,14H,1-2H3,(H,15,16). The molecule has 17 heavy (non-hydrogen) atoms. The van der Waals surface area contributed by atoms with Gasteiger partial charge in [0.2, 0.25) is 0 Å². The first-order chi connectivity index (χ1) is 7.82. The maximum Gasteiger partial charge on any atom is 0.387 e. The smallest absolute Gasteiger partial charge is 0.387 e. The van der Waals surface area contributed by atoms with E-state index in [1.165, 1.54) is 26.0 Å². The number of alkyl halides is 2. The number of aliphatic carboxylic acids is 1. The van der Waals surface area contributed by atoms with Gasteiger partial charge in [-0.05, 0) is 42.7 Å². The first-order valence-electron chi connectivity index (χ1n) is 4.79. The van der Waals surface area contributed by atoms with E-state index >= 15 is 0 Å². The van der Waals surface area contributed by atoms with Crippen molar-refractivity contribution in [3.8, 4) is 5.75 Å². The van der Waals surface area contributed by atoms with Crippen LogP contribution in [0.3, 0.4) is 0 Å². The summed E-state index contributed by atoms with van der Waals surface area (Å²) in [6, 6.07) is 2.53. The van der Waals surface area contributed by atoms with E-state index in [0.717, 1.165) is 0 Å². The van der Waals surface area contributed by atoms with Crippen molar-refractivity contribution in [1.82, 2.24) is 0 Å². The molecule has 0 heterocycles. The van der Waals surface area contributed by atoms with E-state index in [1.807, 2.05) is 0 Å². The number of ether oxygens (including phenoxy) is 1. The largest absolute Gasteiger partial charge is 0.479 e. The van der Waals surface area contributed by atoms with Crippen LogP contribution in [0, 0.1) is 13.8 Å². The molecule has 0 aliphatic carbocycles. The lowest BCUT2D eigenvalue weighted by atomic mass is 9.97. The van der Waals surface area contributed by atoms with Crippen LogP contribution in [0.1, 0.15) is 22.8 Å². The van der Waals surface area contributed by atoms with Gasteiger partial charge in [-0.3, -0.25) is 0 Å². The third-order valence-electron chi connectivity index (χ3n) is 2.30. The topological polar surface area (TPSA) is 66.8 Å². The molecule has 1 atom stereocenters. The summed E-state index contributed by atoms with van der Waals surface area (Å²) in [7, 11) is 0. The number of carboxylic acid groups (broad SMARTS) is 1. The summed E-state index contributed by atoms with van der Waals surface area (Å²) in [6.07, 6.45) is -1.67. The van der Waals surface area contributed by atoms with Gasteiger partial charge in [-0.25, -0.2) is 4.79 Å². The summed E-state index contributed by atoms with van der Waals surface area (Å²) in [5, 5.41) is 18.1. The Morgan fingerprint density at radius 1 is 1.29 bits per heavy atom. The fourth-order valence-electron chi connectivity index (χ4n) is 1.66. The van der Waals surface area contributed by atoms with Crippen LogP contribution in [-0.2, 0) is 4.79 Å². The van der Waals surface area contributed by atoms with Crippen LogP contribution < -0.4 is 4.74 Å². The maximum atomic E-state index is 12.0. The van der Waals surface area contributed by atoms with E-state index in [9.17, 15) is 18.7 Å².